The van der Waals surface area contributed by atoms with Crippen molar-refractivity contribution in [2.24, 2.45) is 0 Å². The fraction of sp³-hybridized carbons (Fsp3) is 0.412. The average molecular weight is 374 g/mol. The molecule has 2 aromatic heterocycles. The Hall–Kier alpha value is -2.69. The van der Waals surface area contributed by atoms with Crippen LogP contribution in [-0.4, -0.2) is 55.0 Å². The van der Waals surface area contributed by atoms with E-state index in [2.05, 4.69) is 30.2 Å². The lowest BCUT2D eigenvalue weighted by molar-refractivity contribution is -0.0396. The number of aromatic amines is 1. The van der Waals surface area contributed by atoms with Crippen LogP contribution in [0.3, 0.4) is 0 Å². The third kappa shape index (κ3) is 3.87. The standard InChI is InChI=1S/C17H19FN6O3/c1-10-6-11(2-3-12(10)18)16-20-15(27-23-16)8-24-4-5-26-13(7-24)17-19-14(9-25)21-22-17/h2-3,6,13,25H,4-5,7-9H2,1H3,(H,19,21,22). The zero-order chi connectivity index (χ0) is 18.8. The summed E-state index contributed by atoms with van der Waals surface area (Å²) >= 11 is 0. The zero-order valence-electron chi connectivity index (χ0n) is 14.7. The van der Waals surface area contributed by atoms with Crippen LogP contribution in [-0.2, 0) is 17.9 Å². The molecule has 9 nitrogen and oxygen atoms in total. The van der Waals surface area contributed by atoms with Crippen molar-refractivity contribution in [1.82, 2.24) is 30.2 Å². The van der Waals surface area contributed by atoms with Crippen molar-refractivity contribution in [3.8, 4) is 11.4 Å². The summed E-state index contributed by atoms with van der Waals surface area (Å²) < 4.78 is 24.5. The van der Waals surface area contributed by atoms with Gasteiger partial charge in [-0.15, -0.1) is 0 Å². The molecule has 0 amide bonds. The quantitative estimate of drug-likeness (QED) is 0.688. The Morgan fingerprint density at radius 3 is 3.04 bits per heavy atom. The van der Waals surface area contributed by atoms with Gasteiger partial charge in [0.25, 0.3) is 0 Å². The first-order valence-electron chi connectivity index (χ1n) is 8.57. The minimum Gasteiger partial charge on any atom is -0.388 e. The van der Waals surface area contributed by atoms with Gasteiger partial charge < -0.3 is 14.4 Å². The second-order valence-corrected chi connectivity index (χ2v) is 6.37. The van der Waals surface area contributed by atoms with E-state index in [-0.39, 0.29) is 18.5 Å². The van der Waals surface area contributed by atoms with Crippen LogP contribution in [0.25, 0.3) is 11.4 Å². The lowest BCUT2D eigenvalue weighted by Crippen LogP contribution is -2.38. The topological polar surface area (TPSA) is 113 Å². The van der Waals surface area contributed by atoms with Gasteiger partial charge in [-0.25, -0.2) is 9.37 Å². The van der Waals surface area contributed by atoms with Crippen LogP contribution in [0.1, 0.15) is 29.2 Å². The van der Waals surface area contributed by atoms with Crippen LogP contribution in [0.2, 0.25) is 0 Å². The monoisotopic (exact) mass is 374 g/mol. The molecule has 3 heterocycles. The van der Waals surface area contributed by atoms with E-state index in [0.29, 0.717) is 60.7 Å². The van der Waals surface area contributed by atoms with Crippen LogP contribution >= 0.6 is 0 Å². The Balaban J connectivity index is 1.43. The molecule has 1 atom stereocenters. The number of nitrogens with one attached hydrogen (secondary N) is 1. The molecule has 10 heteroatoms. The van der Waals surface area contributed by atoms with E-state index in [9.17, 15) is 4.39 Å². The maximum Gasteiger partial charge on any atom is 0.241 e. The number of rotatable bonds is 5. The summed E-state index contributed by atoms with van der Waals surface area (Å²) in [5, 5.41) is 19.8. The molecule has 2 N–H and O–H groups in total. The van der Waals surface area contributed by atoms with Gasteiger partial charge in [-0.1, -0.05) is 5.16 Å². The third-order valence-corrected chi connectivity index (χ3v) is 4.38. The fourth-order valence-electron chi connectivity index (χ4n) is 2.94. The number of nitrogens with zero attached hydrogens (tertiary/aromatic N) is 5. The molecule has 1 aliphatic heterocycles. The number of benzene rings is 1. The molecule has 142 valence electrons. The second kappa shape index (κ2) is 7.51. The number of ether oxygens (including phenoxy) is 1. The lowest BCUT2D eigenvalue weighted by atomic mass is 10.1. The Morgan fingerprint density at radius 2 is 2.26 bits per heavy atom. The summed E-state index contributed by atoms with van der Waals surface area (Å²) in [6.07, 6.45) is -0.294. The Labute approximate surface area is 154 Å². The van der Waals surface area contributed by atoms with Gasteiger partial charge in [-0.3, -0.25) is 10.00 Å². The van der Waals surface area contributed by atoms with Crippen molar-refractivity contribution in [2.45, 2.75) is 26.2 Å². The van der Waals surface area contributed by atoms with Crippen molar-refractivity contribution in [3.05, 3.63) is 47.1 Å². The van der Waals surface area contributed by atoms with Crippen molar-refractivity contribution >= 4 is 0 Å². The molecule has 0 spiro atoms. The lowest BCUT2D eigenvalue weighted by Gasteiger charge is -2.30. The minimum absolute atomic E-state index is 0.197. The summed E-state index contributed by atoms with van der Waals surface area (Å²) in [6.45, 7) is 3.75. The van der Waals surface area contributed by atoms with Gasteiger partial charge in [0, 0.05) is 18.7 Å². The first-order valence-corrected chi connectivity index (χ1v) is 8.57. The number of hydrogen-bond donors (Lipinski definition) is 2. The molecule has 0 radical (unpaired) electrons. The van der Waals surface area contributed by atoms with E-state index in [0.717, 1.165) is 0 Å². The average Bonchev–Trinajstić information content (AvgIpc) is 3.34. The molecule has 4 rings (SSSR count). The smallest absolute Gasteiger partial charge is 0.241 e. The van der Waals surface area contributed by atoms with Gasteiger partial charge in [0.1, 0.15) is 24.4 Å². The maximum absolute atomic E-state index is 13.4. The fourth-order valence-corrected chi connectivity index (χ4v) is 2.94. The van der Waals surface area contributed by atoms with E-state index >= 15 is 0 Å². The van der Waals surface area contributed by atoms with Crippen LogP contribution in [0.5, 0.6) is 0 Å². The number of aliphatic hydroxyl groups excluding tert-OH is 1. The molecule has 1 aromatic carbocycles. The van der Waals surface area contributed by atoms with Crippen LogP contribution in [0, 0.1) is 12.7 Å². The molecule has 0 bridgehead atoms. The van der Waals surface area contributed by atoms with E-state index in [1.807, 2.05) is 0 Å². The molecule has 3 aromatic rings. The van der Waals surface area contributed by atoms with Crippen molar-refractivity contribution in [3.63, 3.8) is 0 Å². The van der Waals surface area contributed by atoms with Crippen molar-refractivity contribution in [1.29, 1.82) is 0 Å². The maximum atomic E-state index is 13.4. The molecule has 1 unspecified atom stereocenters. The van der Waals surface area contributed by atoms with Gasteiger partial charge in [0.2, 0.25) is 11.7 Å². The number of aromatic nitrogens is 5. The highest BCUT2D eigenvalue weighted by atomic mass is 19.1. The summed E-state index contributed by atoms with van der Waals surface area (Å²) in [7, 11) is 0. The number of H-pyrrole nitrogens is 1. The summed E-state index contributed by atoms with van der Waals surface area (Å²) in [5.41, 5.74) is 1.24. The van der Waals surface area contributed by atoms with Gasteiger partial charge in [0.05, 0.1) is 13.2 Å². The molecule has 1 aliphatic rings. The number of aryl methyl sites for hydroxylation is 1. The first kappa shape index (κ1) is 17.7. The van der Waals surface area contributed by atoms with Crippen LogP contribution in [0.4, 0.5) is 4.39 Å². The Bertz CT molecular complexity index is 927. The molecule has 0 saturated carbocycles. The molecule has 0 aliphatic carbocycles. The van der Waals surface area contributed by atoms with Crippen LogP contribution < -0.4 is 0 Å². The largest absolute Gasteiger partial charge is 0.388 e. The SMILES string of the molecule is Cc1cc(-c2noc(CN3CCOC(c4n[nH]c(CO)n4)C3)n2)ccc1F. The van der Waals surface area contributed by atoms with E-state index in [1.165, 1.54) is 6.07 Å². The highest BCUT2D eigenvalue weighted by Crippen LogP contribution is 2.22. The highest BCUT2D eigenvalue weighted by Gasteiger charge is 2.26. The van der Waals surface area contributed by atoms with Crippen molar-refractivity contribution in [2.75, 3.05) is 19.7 Å². The predicted molar refractivity (Wildman–Crippen MR) is 90.7 cm³/mol. The van der Waals surface area contributed by atoms with Crippen LogP contribution in [0.15, 0.2) is 22.7 Å². The zero-order valence-corrected chi connectivity index (χ0v) is 14.7. The molecule has 27 heavy (non-hydrogen) atoms. The first-order chi connectivity index (χ1) is 13.1. The number of morpholine rings is 1. The van der Waals surface area contributed by atoms with Gasteiger partial charge in [-0.05, 0) is 30.7 Å². The Morgan fingerprint density at radius 1 is 1.37 bits per heavy atom. The number of hydrogen-bond acceptors (Lipinski definition) is 8. The van der Waals surface area contributed by atoms with E-state index in [4.69, 9.17) is 14.4 Å². The minimum atomic E-state index is -0.294. The number of halogens is 1. The highest BCUT2D eigenvalue weighted by molar-refractivity contribution is 5.55. The van der Waals surface area contributed by atoms with E-state index in [1.54, 1.807) is 19.1 Å². The molecular formula is C17H19FN6O3. The Kier molecular flexibility index (Phi) is 4.92. The van der Waals surface area contributed by atoms with Gasteiger partial charge in [0.15, 0.2) is 5.82 Å². The molecule has 1 fully saturated rings. The normalized spacial score (nSPS) is 18.1. The summed E-state index contributed by atoms with van der Waals surface area (Å²) in [5.74, 6) is 1.55. The summed E-state index contributed by atoms with van der Waals surface area (Å²) in [4.78, 5) is 10.7. The summed E-state index contributed by atoms with van der Waals surface area (Å²) in [6, 6.07) is 4.71. The molecule has 1 saturated heterocycles. The third-order valence-electron chi connectivity index (χ3n) is 4.38. The van der Waals surface area contributed by atoms with Gasteiger partial charge >= 0.3 is 0 Å². The number of aliphatic hydroxyl groups is 1. The van der Waals surface area contributed by atoms with Gasteiger partial charge in [-0.2, -0.15) is 10.1 Å². The predicted octanol–water partition coefficient (Wildman–Crippen LogP) is 1.37. The van der Waals surface area contributed by atoms with Crippen molar-refractivity contribution < 1.29 is 18.8 Å². The second-order valence-electron chi connectivity index (χ2n) is 6.37. The van der Waals surface area contributed by atoms with E-state index < -0.39 is 0 Å². The molecular weight excluding hydrogens is 355 g/mol.